The van der Waals surface area contributed by atoms with Crippen molar-refractivity contribution in [3.63, 3.8) is 0 Å². The van der Waals surface area contributed by atoms with Crippen LogP contribution < -0.4 is 20.1 Å². The van der Waals surface area contributed by atoms with Crippen molar-refractivity contribution in [2.24, 2.45) is 0 Å². The van der Waals surface area contributed by atoms with Crippen molar-refractivity contribution in [1.29, 1.82) is 0 Å². The summed E-state index contributed by atoms with van der Waals surface area (Å²) in [5.41, 5.74) is 4.44. The summed E-state index contributed by atoms with van der Waals surface area (Å²) in [5, 5.41) is 1.10. The van der Waals surface area contributed by atoms with Gasteiger partial charge >= 0.3 is 0 Å². The fourth-order valence-electron chi connectivity index (χ4n) is 3.19. The van der Waals surface area contributed by atoms with Crippen LogP contribution in [0.4, 0.5) is 15.8 Å². The molecule has 1 aliphatic heterocycles. The van der Waals surface area contributed by atoms with E-state index in [4.69, 9.17) is 4.74 Å². The van der Waals surface area contributed by atoms with Gasteiger partial charge in [-0.25, -0.2) is 9.40 Å². The van der Waals surface area contributed by atoms with Crippen LogP contribution in [0.2, 0.25) is 0 Å². The molecule has 2 amide bonds. The molecule has 7 heteroatoms. The normalized spacial score (nSPS) is 14.8. The number of carbonyl (C=O) groups excluding carboxylic acids is 2. The molecule has 3 rings (SSSR count). The number of nitrogens with zero attached hydrogens (tertiary/aromatic N) is 2. The second kappa shape index (κ2) is 9.26. The number of amides is 2. The summed E-state index contributed by atoms with van der Waals surface area (Å²) in [6.45, 7) is 9.77. The average Bonchev–Trinajstić information content (AvgIpc) is 3.03. The molecular weight excluding hydrogens is 385 g/mol. The van der Waals surface area contributed by atoms with E-state index in [1.165, 1.54) is 30.3 Å². The van der Waals surface area contributed by atoms with Crippen LogP contribution in [0.1, 0.15) is 19.4 Å². The zero-order chi connectivity index (χ0) is 21.7. The number of rotatable bonds is 8. The molecule has 0 saturated carbocycles. The second-order valence-corrected chi connectivity index (χ2v) is 6.61. The predicted octanol–water partition coefficient (Wildman–Crippen LogP) is 3.70. The minimum Gasteiger partial charge on any atom is -0.489 e. The van der Waals surface area contributed by atoms with Gasteiger partial charge in [0, 0.05) is 30.4 Å². The van der Waals surface area contributed by atoms with Crippen LogP contribution in [0.25, 0.3) is 6.08 Å². The number of benzene rings is 2. The maximum atomic E-state index is 13.2. The number of hydrazine groups is 1. The number of halogens is 1. The van der Waals surface area contributed by atoms with Gasteiger partial charge in [-0.05, 0) is 56.3 Å². The van der Waals surface area contributed by atoms with E-state index in [0.717, 1.165) is 23.8 Å². The minimum absolute atomic E-state index is 0.0293. The van der Waals surface area contributed by atoms with E-state index in [1.807, 2.05) is 18.2 Å². The number of carbonyl (C=O) groups is 2. The Morgan fingerprint density at radius 1 is 1.13 bits per heavy atom. The number of hydrogen-bond donors (Lipinski definition) is 1. The van der Waals surface area contributed by atoms with Gasteiger partial charge in [0.2, 0.25) is 0 Å². The van der Waals surface area contributed by atoms with Crippen LogP contribution in [0.3, 0.4) is 0 Å². The van der Waals surface area contributed by atoms with E-state index < -0.39 is 17.6 Å². The molecule has 0 radical (unpaired) electrons. The first-order valence-corrected chi connectivity index (χ1v) is 9.73. The van der Waals surface area contributed by atoms with Gasteiger partial charge in [-0.2, -0.15) is 0 Å². The first kappa shape index (κ1) is 21.1. The number of anilines is 2. The van der Waals surface area contributed by atoms with Crippen LogP contribution in [0, 0.1) is 5.82 Å². The maximum Gasteiger partial charge on any atom is 0.282 e. The summed E-state index contributed by atoms with van der Waals surface area (Å²) < 4.78 is 19.0. The molecule has 0 unspecified atom stereocenters. The molecule has 6 nitrogen and oxygen atoms in total. The third-order valence-electron chi connectivity index (χ3n) is 4.76. The molecule has 1 N–H and O–H groups in total. The molecule has 1 fully saturated rings. The Balaban J connectivity index is 1.96. The van der Waals surface area contributed by atoms with Gasteiger partial charge in [0.1, 0.15) is 23.7 Å². The van der Waals surface area contributed by atoms with Crippen molar-refractivity contribution in [3.05, 3.63) is 72.1 Å². The van der Waals surface area contributed by atoms with E-state index in [0.29, 0.717) is 23.6 Å². The van der Waals surface area contributed by atoms with Gasteiger partial charge in [0.25, 0.3) is 11.8 Å². The van der Waals surface area contributed by atoms with Crippen LogP contribution in [-0.4, -0.2) is 31.5 Å². The van der Waals surface area contributed by atoms with Crippen molar-refractivity contribution in [2.45, 2.75) is 13.8 Å². The summed E-state index contributed by atoms with van der Waals surface area (Å²) in [4.78, 5) is 27.4. The SMILES string of the molecule is C=CCOc1cc(N(CC)CC)ccc1/C=C1\C(=O)NN(c2ccc(F)cc2)C1=O. The Morgan fingerprint density at radius 2 is 1.83 bits per heavy atom. The molecule has 0 spiro atoms. The molecule has 0 aromatic heterocycles. The van der Waals surface area contributed by atoms with Crippen molar-refractivity contribution >= 4 is 29.3 Å². The van der Waals surface area contributed by atoms with Crippen molar-refractivity contribution in [1.82, 2.24) is 5.43 Å². The molecule has 0 bridgehead atoms. The van der Waals surface area contributed by atoms with Crippen molar-refractivity contribution in [2.75, 3.05) is 29.6 Å². The third-order valence-corrected chi connectivity index (χ3v) is 4.76. The standard InChI is InChI=1S/C23H24FN3O3/c1-4-13-30-21-15-19(26(5-2)6-3)10-7-16(21)14-20-22(28)25-27(23(20)29)18-11-8-17(24)9-12-18/h4,7-12,14-15H,1,5-6,13H2,2-3H3,(H,25,28)/b20-14+. The number of ether oxygens (including phenoxy) is 1. The molecule has 2 aromatic carbocycles. The zero-order valence-corrected chi connectivity index (χ0v) is 17.0. The third kappa shape index (κ3) is 4.35. The summed E-state index contributed by atoms with van der Waals surface area (Å²) in [5.74, 6) is -0.932. The van der Waals surface area contributed by atoms with Gasteiger partial charge in [0.05, 0.1) is 5.69 Å². The molecule has 0 atom stereocenters. The molecule has 1 saturated heterocycles. The quantitative estimate of drug-likeness (QED) is 0.410. The van der Waals surface area contributed by atoms with E-state index in [2.05, 4.69) is 30.8 Å². The van der Waals surface area contributed by atoms with E-state index >= 15 is 0 Å². The van der Waals surface area contributed by atoms with Crippen LogP contribution in [0.5, 0.6) is 5.75 Å². The van der Waals surface area contributed by atoms with Crippen LogP contribution in [-0.2, 0) is 9.59 Å². The summed E-state index contributed by atoms with van der Waals surface area (Å²) in [6, 6.07) is 10.9. The van der Waals surface area contributed by atoms with Crippen molar-refractivity contribution < 1.29 is 18.7 Å². The summed E-state index contributed by atoms with van der Waals surface area (Å²) >= 11 is 0. The molecule has 1 heterocycles. The van der Waals surface area contributed by atoms with Crippen LogP contribution in [0.15, 0.2) is 60.7 Å². The Hall–Kier alpha value is -3.61. The number of nitrogens with one attached hydrogen (secondary N) is 1. The lowest BCUT2D eigenvalue weighted by Gasteiger charge is -2.22. The van der Waals surface area contributed by atoms with Gasteiger partial charge in [-0.1, -0.05) is 12.7 Å². The Bertz CT molecular complexity index is 982. The minimum atomic E-state index is -0.535. The van der Waals surface area contributed by atoms with E-state index in [-0.39, 0.29) is 5.57 Å². The molecule has 156 valence electrons. The molecule has 2 aromatic rings. The monoisotopic (exact) mass is 409 g/mol. The second-order valence-electron chi connectivity index (χ2n) is 6.61. The van der Waals surface area contributed by atoms with Gasteiger partial charge in [-0.15, -0.1) is 0 Å². The maximum absolute atomic E-state index is 13.2. The average molecular weight is 409 g/mol. The number of hydrogen-bond acceptors (Lipinski definition) is 4. The predicted molar refractivity (Wildman–Crippen MR) is 116 cm³/mol. The van der Waals surface area contributed by atoms with Gasteiger partial charge in [0.15, 0.2) is 0 Å². The lowest BCUT2D eigenvalue weighted by atomic mass is 10.1. The highest BCUT2D eigenvalue weighted by atomic mass is 19.1. The smallest absolute Gasteiger partial charge is 0.282 e. The zero-order valence-electron chi connectivity index (χ0n) is 17.0. The molecular formula is C23H24FN3O3. The largest absolute Gasteiger partial charge is 0.489 e. The Labute approximate surface area is 175 Å². The first-order valence-electron chi connectivity index (χ1n) is 9.73. The van der Waals surface area contributed by atoms with Gasteiger partial charge < -0.3 is 9.64 Å². The van der Waals surface area contributed by atoms with Crippen LogP contribution >= 0.6 is 0 Å². The van der Waals surface area contributed by atoms with E-state index in [1.54, 1.807) is 6.08 Å². The van der Waals surface area contributed by atoms with Crippen molar-refractivity contribution in [3.8, 4) is 5.75 Å². The molecule has 1 aliphatic rings. The summed E-state index contributed by atoms with van der Waals surface area (Å²) in [7, 11) is 0. The topological polar surface area (TPSA) is 61.9 Å². The van der Waals surface area contributed by atoms with Gasteiger partial charge in [-0.3, -0.25) is 15.0 Å². The lowest BCUT2D eigenvalue weighted by Crippen LogP contribution is -2.35. The fourth-order valence-corrected chi connectivity index (χ4v) is 3.19. The fraction of sp³-hybridized carbons (Fsp3) is 0.217. The lowest BCUT2D eigenvalue weighted by molar-refractivity contribution is -0.117. The highest BCUT2D eigenvalue weighted by molar-refractivity contribution is 6.31. The Kier molecular flexibility index (Phi) is 6.51. The van der Waals surface area contributed by atoms with E-state index in [9.17, 15) is 14.0 Å². The first-order chi connectivity index (χ1) is 14.5. The molecule has 0 aliphatic carbocycles. The highest BCUT2D eigenvalue weighted by Gasteiger charge is 2.34. The highest BCUT2D eigenvalue weighted by Crippen LogP contribution is 2.29. The molecule has 30 heavy (non-hydrogen) atoms. The Morgan fingerprint density at radius 3 is 2.47 bits per heavy atom. The summed E-state index contributed by atoms with van der Waals surface area (Å²) in [6.07, 6.45) is 3.14.